The van der Waals surface area contributed by atoms with E-state index in [0.717, 1.165) is 41.0 Å². The van der Waals surface area contributed by atoms with Crippen LogP contribution in [0.4, 0.5) is 0 Å². The largest absolute Gasteiger partial charge is 0.494 e. The summed E-state index contributed by atoms with van der Waals surface area (Å²) in [6.07, 6.45) is 1.29. The topological polar surface area (TPSA) is 58.6 Å². The second-order valence-corrected chi connectivity index (χ2v) is 9.91. The number of hydrogen-bond acceptors (Lipinski definition) is 4. The van der Waals surface area contributed by atoms with Gasteiger partial charge in [-0.2, -0.15) is 0 Å². The molecule has 0 aliphatic carbocycles. The first-order chi connectivity index (χ1) is 13.5. The number of sulfonamides is 1. The fourth-order valence-corrected chi connectivity index (χ4v) is 5.25. The molecular formula is C21H27BrN2O3S. The summed E-state index contributed by atoms with van der Waals surface area (Å²) >= 11 is 3.61. The highest BCUT2D eigenvalue weighted by molar-refractivity contribution is 9.10. The minimum Gasteiger partial charge on any atom is -0.494 e. The quantitative estimate of drug-likeness (QED) is 0.639. The molecule has 0 unspecified atom stereocenters. The highest BCUT2D eigenvalue weighted by Crippen LogP contribution is 2.26. The first-order valence-corrected chi connectivity index (χ1v) is 12.0. The Kier molecular flexibility index (Phi) is 7.51. The number of nitrogens with one attached hydrogen (secondary N) is 1. The number of likely N-dealkylation sites (tertiary alicyclic amines) is 1. The molecule has 0 atom stereocenters. The van der Waals surface area contributed by atoms with Crippen LogP contribution in [0.2, 0.25) is 0 Å². The molecule has 2 aromatic rings. The van der Waals surface area contributed by atoms with Crippen LogP contribution in [0, 0.1) is 0 Å². The number of benzene rings is 2. The van der Waals surface area contributed by atoms with E-state index in [4.69, 9.17) is 4.74 Å². The average Bonchev–Trinajstić information content (AvgIpc) is 2.70. The van der Waals surface area contributed by atoms with Gasteiger partial charge in [0.15, 0.2) is 0 Å². The summed E-state index contributed by atoms with van der Waals surface area (Å²) in [5.41, 5.74) is 2.14. The van der Waals surface area contributed by atoms with Gasteiger partial charge in [-0.1, -0.05) is 46.3 Å². The van der Waals surface area contributed by atoms with Crippen molar-refractivity contribution >= 4 is 26.0 Å². The molecule has 0 spiro atoms. The van der Waals surface area contributed by atoms with Crippen LogP contribution in [-0.2, 0) is 23.1 Å². The lowest BCUT2D eigenvalue weighted by molar-refractivity contribution is 0.221. The summed E-state index contributed by atoms with van der Waals surface area (Å²) < 4.78 is 34.7. The van der Waals surface area contributed by atoms with E-state index in [-0.39, 0.29) is 5.25 Å². The van der Waals surface area contributed by atoms with Gasteiger partial charge >= 0.3 is 0 Å². The highest BCUT2D eigenvalue weighted by Gasteiger charge is 2.29. The summed E-state index contributed by atoms with van der Waals surface area (Å²) in [7, 11) is -3.31. The Morgan fingerprint density at radius 2 is 1.86 bits per heavy atom. The third kappa shape index (κ3) is 5.80. The van der Waals surface area contributed by atoms with Gasteiger partial charge in [-0.15, -0.1) is 0 Å². The Hall–Kier alpha value is -1.41. The SMILES string of the molecule is CCOc1ccc(Br)c(CN2CCC(S(=O)(=O)NCc3ccccc3)CC2)c1. The van der Waals surface area contributed by atoms with Gasteiger partial charge in [-0.05, 0) is 62.2 Å². The van der Waals surface area contributed by atoms with E-state index < -0.39 is 10.0 Å². The van der Waals surface area contributed by atoms with Crippen LogP contribution in [0.1, 0.15) is 30.9 Å². The molecule has 2 aromatic carbocycles. The first-order valence-electron chi connectivity index (χ1n) is 9.64. The highest BCUT2D eigenvalue weighted by atomic mass is 79.9. The van der Waals surface area contributed by atoms with Crippen molar-refractivity contribution in [2.24, 2.45) is 0 Å². The Labute approximate surface area is 176 Å². The number of piperidine rings is 1. The van der Waals surface area contributed by atoms with Crippen LogP contribution in [-0.4, -0.2) is 38.3 Å². The molecule has 0 saturated carbocycles. The first kappa shape index (κ1) is 21.3. The molecule has 1 N–H and O–H groups in total. The van der Waals surface area contributed by atoms with Crippen molar-refractivity contribution in [2.75, 3.05) is 19.7 Å². The van der Waals surface area contributed by atoms with E-state index >= 15 is 0 Å². The molecule has 5 nitrogen and oxygen atoms in total. The zero-order chi connectivity index (χ0) is 20.0. The predicted molar refractivity (Wildman–Crippen MR) is 116 cm³/mol. The molecule has 1 heterocycles. The van der Waals surface area contributed by atoms with Crippen molar-refractivity contribution in [1.29, 1.82) is 0 Å². The van der Waals surface area contributed by atoms with Gasteiger partial charge in [-0.25, -0.2) is 13.1 Å². The van der Waals surface area contributed by atoms with Gasteiger partial charge < -0.3 is 4.74 Å². The summed E-state index contributed by atoms with van der Waals surface area (Å²) in [4.78, 5) is 2.30. The van der Waals surface area contributed by atoms with E-state index in [9.17, 15) is 8.42 Å². The zero-order valence-corrected chi connectivity index (χ0v) is 18.5. The molecule has 1 aliphatic heterocycles. The second kappa shape index (κ2) is 9.87. The van der Waals surface area contributed by atoms with Crippen molar-refractivity contribution < 1.29 is 13.2 Å². The molecule has 152 valence electrons. The Morgan fingerprint density at radius 1 is 1.14 bits per heavy atom. The summed E-state index contributed by atoms with van der Waals surface area (Å²) in [5, 5.41) is -0.328. The molecule has 7 heteroatoms. The van der Waals surface area contributed by atoms with Crippen molar-refractivity contribution in [3.8, 4) is 5.75 Å². The van der Waals surface area contributed by atoms with Gasteiger partial charge in [-0.3, -0.25) is 4.90 Å². The minimum absolute atomic E-state index is 0.328. The second-order valence-electron chi connectivity index (χ2n) is 7.01. The van der Waals surface area contributed by atoms with Crippen LogP contribution in [0.25, 0.3) is 0 Å². The summed E-state index contributed by atoms with van der Waals surface area (Å²) in [6, 6.07) is 15.6. The maximum atomic E-state index is 12.6. The Bertz CT molecular complexity index is 866. The van der Waals surface area contributed by atoms with E-state index in [2.05, 4.69) is 31.6 Å². The van der Waals surface area contributed by atoms with E-state index in [1.54, 1.807) is 0 Å². The normalized spacial score (nSPS) is 16.2. The summed E-state index contributed by atoms with van der Waals surface area (Å²) in [6.45, 7) is 5.27. The summed E-state index contributed by atoms with van der Waals surface area (Å²) in [5.74, 6) is 0.864. The van der Waals surface area contributed by atoms with Crippen molar-refractivity contribution in [3.63, 3.8) is 0 Å². The van der Waals surface area contributed by atoms with E-state index in [1.165, 1.54) is 0 Å². The number of nitrogens with zero attached hydrogens (tertiary/aromatic N) is 1. The fraction of sp³-hybridized carbons (Fsp3) is 0.429. The molecular weight excluding hydrogens is 440 g/mol. The smallest absolute Gasteiger partial charge is 0.214 e. The average molecular weight is 467 g/mol. The Balaban J connectivity index is 1.53. The standard InChI is InChI=1S/C21H27BrN2O3S/c1-2-27-19-8-9-21(22)18(14-19)16-24-12-10-20(11-13-24)28(25,26)23-15-17-6-4-3-5-7-17/h3-9,14,20,23H,2,10-13,15-16H2,1H3. The lowest BCUT2D eigenvalue weighted by Crippen LogP contribution is -2.43. The maximum Gasteiger partial charge on any atom is 0.214 e. The van der Waals surface area contributed by atoms with Crippen LogP contribution < -0.4 is 9.46 Å². The third-order valence-corrected chi connectivity index (χ3v) is 7.69. The molecule has 0 amide bonds. The number of rotatable bonds is 8. The van der Waals surface area contributed by atoms with Gasteiger partial charge in [0.2, 0.25) is 10.0 Å². The molecule has 0 bridgehead atoms. The third-order valence-electron chi connectivity index (χ3n) is 5.02. The number of hydrogen-bond donors (Lipinski definition) is 1. The molecule has 1 aliphatic rings. The molecule has 28 heavy (non-hydrogen) atoms. The monoisotopic (exact) mass is 466 g/mol. The lowest BCUT2D eigenvalue weighted by atomic mass is 10.1. The minimum atomic E-state index is -3.31. The molecule has 1 fully saturated rings. The van der Waals surface area contributed by atoms with Gasteiger partial charge in [0, 0.05) is 17.6 Å². The van der Waals surface area contributed by atoms with Gasteiger partial charge in [0.1, 0.15) is 5.75 Å². The van der Waals surface area contributed by atoms with Crippen LogP contribution in [0.5, 0.6) is 5.75 Å². The van der Waals surface area contributed by atoms with E-state index in [0.29, 0.717) is 26.0 Å². The van der Waals surface area contributed by atoms with Crippen LogP contribution >= 0.6 is 15.9 Å². The van der Waals surface area contributed by atoms with Crippen LogP contribution in [0.3, 0.4) is 0 Å². The number of halogens is 1. The molecule has 0 aromatic heterocycles. The number of ether oxygens (including phenoxy) is 1. The van der Waals surface area contributed by atoms with Crippen molar-refractivity contribution in [1.82, 2.24) is 9.62 Å². The zero-order valence-electron chi connectivity index (χ0n) is 16.1. The Morgan fingerprint density at radius 3 is 2.54 bits per heavy atom. The molecule has 1 saturated heterocycles. The van der Waals surface area contributed by atoms with Gasteiger partial charge in [0.05, 0.1) is 11.9 Å². The van der Waals surface area contributed by atoms with Crippen molar-refractivity contribution in [2.45, 2.75) is 38.1 Å². The molecule has 3 rings (SSSR count). The molecule has 0 radical (unpaired) electrons. The maximum absolute atomic E-state index is 12.6. The lowest BCUT2D eigenvalue weighted by Gasteiger charge is -2.32. The van der Waals surface area contributed by atoms with Crippen LogP contribution in [0.15, 0.2) is 53.0 Å². The predicted octanol–water partition coefficient (Wildman–Crippen LogP) is 3.93. The fourth-order valence-electron chi connectivity index (χ4n) is 3.44. The van der Waals surface area contributed by atoms with Gasteiger partial charge in [0.25, 0.3) is 0 Å². The van der Waals surface area contributed by atoms with E-state index in [1.807, 2.05) is 49.4 Å². The van der Waals surface area contributed by atoms with Crippen molar-refractivity contribution in [3.05, 3.63) is 64.1 Å².